The molecule has 1 aliphatic heterocycles. The smallest absolute Gasteiger partial charge is 0.243 e. The van der Waals surface area contributed by atoms with Gasteiger partial charge in [-0.2, -0.15) is 4.31 Å². The number of aryl methyl sites for hydroxylation is 1. The molecule has 0 bridgehead atoms. The molecule has 26 heavy (non-hydrogen) atoms. The monoisotopic (exact) mass is 399 g/mol. The second-order valence-electron chi connectivity index (χ2n) is 6.47. The van der Waals surface area contributed by atoms with Crippen molar-refractivity contribution in [2.75, 3.05) is 31.6 Å². The third-order valence-corrected chi connectivity index (χ3v) is 7.02. The van der Waals surface area contributed by atoms with Crippen LogP contribution >= 0.6 is 12.2 Å². The highest BCUT2D eigenvalue weighted by Crippen LogP contribution is 2.26. The predicted molar refractivity (Wildman–Crippen MR) is 109 cm³/mol. The molecule has 0 amide bonds. The highest BCUT2D eigenvalue weighted by atomic mass is 32.2. The van der Waals surface area contributed by atoms with Crippen molar-refractivity contribution < 1.29 is 13.2 Å². The Labute approximate surface area is 162 Å². The average Bonchev–Trinajstić information content (AvgIpc) is 3.11. The highest BCUT2D eigenvalue weighted by molar-refractivity contribution is 7.89. The lowest BCUT2D eigenvalue weighted by Gasteiger charge is -2.21. The summed E-state index contributed by atoms with van der Waals surface area (Å²) in [6.07, 6.45) is 2.30. The van der Waals surface area contributed by atoms with Crippen LogP contribution in [0.15, 0.2) is 17.0 Å². The molecule has 1 fully saturated rings. The summed E-state index contributed by atoms with van der Waals surface area (Å²) in [5, 5.41) is 6.78. The molecule has 1 aliphatic rings. The fourth-order valence-corrected chi connectivity index (χ4v) is 4.76. The number of ether oxygens (including phenoxy) is 1. The number of hydrogen-bond acceptors (Lipinski definition) is 4. The number of benzene rings is 1. The van der Waals surface area contributed by atoms with E-state index in [0.717, 1.165) is 30.6 Å². The second-order valence-corrected chi connectivity index (χ2v) is 8.82. The molecule has 1 saturated heterocycles. The second kappa shape index (κ2) is 9.12. The molecular weight excluding hydrogens is 370 g/mol. The Morgan fingerprint density at radius 3 is 2.58 bits per heavy atom. The van der Waals surface area contributed by atoms with Crippen LogP contribution in [0.5, 0.6) is 0 Å². The van der Waals surface area contributed by atoms with Crippen molar-refractivity contribution in [2.24, 2.45) is 0 Å². The van der Waals surface area contributed by atoms with Crippen LogP contribution in [0.4, 0.5) is 5.69 Å². The molecule has 0 aromatic heterocycles. The van der Waals surface area contributed by atoms with E-state index in [1.807, 2.05) is 27.7 Å². The van der Waals surface area contributed by atoms with E-state index in [0.29, 0.717) is 30.4 Å². The Hall–Kier alpha value is -1.22. The fraction of sp³-hybridized carbons (Fsp3) is 0.611. The summed E-state index contributed by atoms with van der Waals surface area (Å²) < 4.78 is 32.7. The van der Waals surface area contributed by atoms with Crippen LogP contribution in [0, 0.1) is 13.8 Å². The van der Waals surface area contributed by atoms with Crippen molar-refractivity contribution in [2.45, 2.75) is 51.5 Å². The molecule has 6 nitrogen and oxygen atoms in total. The molecule has 2 rings (SSSR count). The van der Waals surface area contributed by atoms with Crippen molar-refractivity contribution in [3.63, 3.8) is 0 Å². The molecule has 1 atom stereocenters. The van der Waals surface area contributed by atoms with E-state index in [1.165, 1.54) is 4.31 Å². The standard InChI is InChI=1S/C18H29N3O3S2/c1-5-21(6-2)26(22,23)16-10-13(3)14(4)17(11-16)20-18(25)19-12-15-8-7-9-24-15/h10-11,15H,5-9,12H2,1-4H3,(H2,19,20,25)/t15-/m0/s1. The maximum absolute atomic E-state index is 12.8. The summed E-state index contributed by atoms with van der Waals surface area (Å²) in [6, 6.07) is 3.38. The zero-order chi connectivity index (χ0) is 19.3. The zero-order valence-electron chi connectivity index (χ0n) is 16.0. The number of hydrogen-bond donors (Lipinski definition) is 2. The maximum Gasteiger partial charge on any atom is 0.243 e. The summed E-state index contributed by atoms with van der Waals surface area (Å²) >= 11 is 5.37. The Morgan fingerprint density at radius 1 is 1.31 bits per heavy atom. The zero-order valence-corrected chi connectivity index (χ0v) is 17.6. The molecule has 1 heterocycles. The lowest BCUT2D eigenvalue weighted by atomic mass is 10.1. The van der Waals surface area contributed by atoms with Gasteiger partial charge in [-0.25, -0.2) is 8.42 Å². The van der Waals surface area contributed by atoms with Crippen LogP contribution in [0.25, 0.3) is 0 Å². The predicted octanol–water partition coefficient (Wildman–Crippen LogP) is 2.80. The Bertz CT molecular complexity index is 740. The molecule has 0 aliphatic carbocycles. The first-order chi connectivity index (χ1) is 12.3. The molecule has 0 radical (unpaired) electrons. The Kier molecular flexibility index (Phi) is 7.40. The van der Waals surface area contributed by atoms with Gasteiger partial charge in [0.2, 0.25) is 10.0 Å². The molecular formula is C18H29N3O3S2. The van der Waals surface area contributed by atoms with E-state index in [9.17, 15) is 8.42 Å². The van der Waals surface area contributed by atoms with Crippen molar-refractivity contribution in [3.05, 3.63) is 23.3 Å². The van der Waals surface area contributed by atoms with Gasteiger partial charge in [-0.3, -0.25) is 0 Å². The van der Waals surface area contributed by atoms with E-state index in [2.05, 4.69) is 10.6 Å². The fourth-order valence-electron chi connectivity index (χ4n) is 3.00. The first-order valence-corrected chi connectivity index (χ1v) is 10.9. The lowest BCUT2D eigenvalue weighted by molar-refractivity contribution is 0.114. The Balaban J connectivity index is 2.17. The summed E-state index contributed by atoms with van der Waals surface area (Å²) in [7, 11) is -3.51. The third kappa shape index (κ3) is 4.94. The lowest BCUT2D eigenvalue weighted by Crippen LogP contribution is -2.35. The summed E-state index contributed by atoms with van der Waals surface area (Å²) in [5.74, 6) is 0. The topological polar surface area (TPSA) is 70.7 Å². The quantitative estimate of drug-likeness (QED) is 0.687. The Morgan fingerprint density at radius 2 is 2.00 bits per heavy atom. The van der Waals surface area contributed by atoms with Crippen LogP contribution in [0.3, 0.4) is 0 Å². The van der Waals surface area contributed by atoms with Crippen LogP contribution in [-0.4, -0.2) is 50.2 Å². The van der Waals surface area contributed by atoms with Crippen molar-refractivity contribution >= 4 is 33.0 Å². The van der Waals surface area contributed by atoms with Gasteiger partial charge in [-0.1, -0.05) is 13.8 Å². The molecule has 8 heteroatoms. The van der Waals surface area contributed by atoms with Gasteiger partial charge in [-0.05, 0) is 62.2 Å². The van der Waals surface area contributed by atoms with Crippen molar-refractivity contribution in [1.82, 2.24) is 9.62 Å². The minimum Gasteiger partial charge on any atom is -0.376 e. The van der Waals surface area contributed by atoms with Gasteiger partial charge < -0.3 is 15.4 Å². The third-order valence-electron chi connectivity index (χ3n) is 4.75. The van der Waals surface area contributed by atoms with Crippen LogP contribution in [-0.2, 0) is 14.8 Å². The SMILES string of the molecule is CCN(CC)S(=O)(=O)c1cc(C)c(C)c(NC(=S)NC[C@@H]2CCCO2)c1. The van der Waals surface area contributed by atoms with Crippen LogP contribution in [0.2, 0.25) is 0 Å². The largest absolute Gasteiger partial charge is 0.376 e. The summed E-state index contributed by atoms with van der Waals surface area (Å²) in [4.78, 5) is 0.286. The summed E-state index contributed by atoms with van der Waals surface area (Å²) in [5.41, 5.74) is 2.59. The minimum atomic E-state index is -3.51. The van der Waals surface area contributed by atoms with Crippen molar-refractivity contribution in [1.29, 1.82) is 0 Å². The van der Waals surface area contributed by atoms with Gasteiger partial charge >= 0.3 is 0 Å². The molecule has 0 unspecified atom stereocenters. The number of nitrogens with one attached hydrogen (secondary N) is 2. The number of anilines is 1. The molecule has 1 aromatic carbocycles. The van der Waals surface area contributed by atoms with Gasteiger partial charge in [-0.15, -0.1) is 0 Å². The van der Waals surface area contributed by atoms with E-state index in [4.69, 9.17) is 17.0 Å². The van der Waals surface area contributed by atoms with Crippen LogP contribution < -0.4 is 10.6 Å². The van der Waals surface area contributed by atoms with E-state index in [-0.39, 0.29) is 11.0 Å². The van der Waals surface area contributed by atoms with Crippen molar-refractivity contribution in [3.8, 4) is 0 Å². The minimum absolute atomic E-state index is 0.187. The normalized spacial score (nSPS) is 17.5. The molecule has 2 N–H and O–H groups in total. The number of rotatable bonds is 7. The van der Waals surface area contributed by atoms with Crippen LogP contribution in [0.1, 0.15) is 37.8 Å². The first kappa shape index (κ1) is 21.1. The van der Waals surface area contributed by atoms with Gasteiger partial charge in [0.1, 0.15) is 0 Å². The number of nitrogens with zero attached hydrogens (tertiary/aromatic N) is 1. The highest BCUT2D eigenvalue weighted by Gasteiger charge is 2.23. The summed E-state index contributed by atoms with van der Waals surface area (Å²) in [6.45, 7) is 9.87. The van der Waals surface area contributed by atoms with Gasteiger partial charge in [0, 0.05) is 31.9 Å². The van der Waals surface area contributed by atoms with Gasteiger partial charge in [0.15, 0.2) is 5.11 Å². The molecule has 146 valence electrons. The molecule has 0 spiro atoms. The van der Waals surface area contributed by atoms with E-state index >= 15 is 0 Å². The van der Waals surface area contributed by atoms with Gasteiger partial charge in [0.25, 0.3) is 0 Å². The average molecular weight is 400 g/mol. The van der Waals surface area contributed by atoms with Gasteiger partial charge in [0.05, 0.1) is 11.0 Å². The van der Waals surface area contributed by atoms with E-state index in [1.54, 1.807) is 12.1 Å². The number of thiocarbonyl (C=S) groups is 1. The number of sulfonamides is 1. The van der Waals surface area contributed by atoms with E-state index < -0.39 is 10.0 Å². The molecule has 0 saturated carbocycles. The first-order valence-electron chi connectivity index (χ1n) is 9.07. The molecule has 1 aromatic rings. The maximum atomic E-state index is 12.8.